The predicted octanol–water partition coefficient (Wildman–Crippen LogP) is 1.92. The van der Waals surface area contributed by atoms with Gasteiger partial charge in [-0.1, -0.05) is 26.0 Å². The molecule has 13 heteroatoms. The summed E-state index contributed by atoms with van der Waals surface area (Å²) < 4.78 is 46.4. The summed E-state index contributed by atoms with van der Waals surface area (Å²) in [5.41, 5.74) is -5.36. The molecule has 0 unspecified atom stereocenters. The number of rotatable bonds is 8. The molecule has 50 heavy (non-hydrogen) atoms. The molecule has 7 bridgehead atoms. The highest BCUT2D eigenvalue weighted by molar-refractivity contribution is 6.22. The van der Waals surface area contributed by atoms with Crippen molar-refractivity contribution in [2.75, 3.05) is 53.2 Å². The standard InChI is InChI=1S/C37H48N2O11/c1-7-38-17-33(50-31(42)20-10-8-9-11-22(20)39-25(40)14-19(2)30(39)41)13-12-24(45-4)36-28(33)29(47-6)37(32(36)38)35(48-18-49-37)16-23(44-3)21-15-34(36,43)27(35)26(21)46-5/h8-11,19,21,23-24,26-29,32,43H,7,12-18H2,1-6H3/t19-,21+,23-,24-,26-,27-,28+,29-,32-,33+,34-,35+,36+,37+/m0/s1. The number of likely N-dealkylation sites (tertiary alicyclic amines) is 1. The first-order valence-electron chi connectivity index (χ1n) is 18.1. The maximum atomic E-state index is 14.7. The average molecular weight is 697 g/mol. The number of likely N-dealkylation sites (N-methyl/N-ethyl adjacent to an activating group) is 1. The number of amides is 2. The molecule has 2 amide bonds. The van der Waals surface area contributed by atoms with E-state index in [-0.39, 0.29) is 54.4 Å². The summed E-state index contributed by atoms with van der Waals surface area (Å²) in [4.78, 5) is 44.3. The third-order valence-electron chi connectivity index (χ3n) is 14.7. The molecule has 0 aromatic heterocycles. The maximum Gasteiger partial charge on any atom is 0.340 e. The molecule has 5 aliphatic carbocycles. The normalized spacial score (nSPS) is 49.8. The Balaban J connectivity index is 1.25. The van der Waals surface area contributed by atoms with Gasteiger partial charge >= 0.3 is 5.97 Å². The second-order valence-corrected chi connectivity index (χ2v) is 16.0. The van der Waals surface area contributed by atoms with Gasteiger partial charge in [0.05, 0.1) is 52.7 Å². The lowest BCUT2D eigenvalue weighted by molar-refractivity contribution is -0.339. The van der Waals surface area contributed by atoms with Crippen LogP contribution in [-0.4, -0.2) is 129 Å². The van der Waals surface area contributed by atoms with Crippen LogP contribution in [0, 0.1) is 29.1 Å². The topological polar surface area (TPSA) is 143 Å². The summed E-state index contributed by atoms with van der Waals surface area (Å²) in [6, 6.07) is 6.23. The lowest BCUT2D eigenvalue weighted by Crippen LogP contribution is -2.86. The molecule has 1 N–H and O–H groups in total. The number of esters is 1. The van der Waals surface area contributed by atoms with Gasteiger partial charge in [-0.3, -0.25) is 14.5 Å². The number of carbonyl (C=O) groups excluding carboxylic acids is 3. The van der Waals surface area contributed by atoms with Crippen LogP contribution < -0.4 is 4.90 Å². The molecule has 3 aliphatic heterocycles. The number of hydrogen-bond donors (Lipinski definition) is 1. The van der Waals surface area contributed by atoms with Crippen molar-refractivity contribution in [2.45, 2.75) is 98.8 Å². The Morgan fingerprint density at radius 2 is 1.80 bits per heavy atom. The van der Waals surface area contributed by atoms with Crippen LogP contribution in [0.2, 0.25) is 0 Å². The minimum Gasteiger partial charge on any atom is -0.454 e. The van der Waals surface area contributed by atoms with Gasteiger partial charge < -0.3 is 38.3 Å². The molecule has 1 aromatic carbocycles. The number of imide groups is 1. The Kier molecular flexibility index (Phi) is 7.19. The molecule has 0 radical (unpaired) electrons. The zero-order chi connectivity index (χ0) is 35.2. The number of fused-ring (bicyclic) bond motifs is 1. The van der Waals surface area contributed by atoms with Gasteiger partial charge in [0.1, 0.15) is 23.6 Å². The van der Waals surface area contributed by atoms with Crippen molar-refractivity contribution >= 4 is 23.5 Å². The minimum atomic E-state index is -1.40. The number of piperidine rings is 1. The molecule has 3 saturated heterocycles. The number of carbonyl (C=O) groups is 3. The number of nitrogens with zero attached hydrogens (tertiary/aromatic N) is 2. The third-order valence-corrected chi connectivity index (χ3v) is 14.7. The Labute approximate surface area is 291 Å². The molecule has 3 spiro atoms. The fourth-order valence-electron chi connectivity index (χ4n) is 13.5. The van der Waals surface area contributed by atoms with Crippen molar-refractivity contribution < 1.29 is 52.6 Å². The molecule has 14 atom stereocenters. The highest BCUT2D eigenvalue weighted by atomic mass is 16.7. The average Bonchev–Trinajstić information content (AvgIpc) is 3.75. The summed E-state index contributed by atoms with van der Waals surface area (Å²) in [6.07, 6.45) is 0.172. The Hall–Kier alpha value is -2.49. The highest BCUT2D eigenvalue weighted by Crippen LogP contribution is 2.83. The minimum absolute atomic E-state index is 0.00888. The number of benzene rings is 1. The molecular formula is C37H48N2O11. The molecule has 13 nitrogen and oxygen atoms in total. The molecule has 9 rings (SSSR count). The lowest BCUT2D eigenvalue weighted by Gasteiger charge is -2.71. The van der Waals surface area contributed by atoms with E-state index in [4.69, 9.17) is 33.2 Å². The van der Waals surface area contributed by atoms with Gasteiger partial charge in [0.15, 0.2) is 0 Å². The van der Waals surface area contributed by atoms with E-state index in [1.54, 1.807) is 59.6 Å². The van der Waals surface area contributed by atoms with E-state index >= 15 is 0 Å². The number of hydrogen-bond acceptors (Lipinski definition) is 12. The molecule has 5 saturated carbocycles. The first-order chi connectivity index (χ1) is 24.0. The number of anilines is 1. The van der Waals surface area contributed by atoms with E-state index in [2.05, 4.69) is 11.8 Å². The van der Waals surface area contributed by atoms with Crippen LogP contribution in [0.4, 0.5) is 5.69 Å². The fourth-order valence-corrected chi connectivity index (χ4v) is 13.5. The largest absolute Gasteiger partial charge is 0.454 e. The van der Waals surface area contributed by atoms with Crippen LogP contribution in [-0.2, 0) is 42.7 Å². The van der Waals surface area contributed by atoms with Gasteiger partial charge in [-0.25, -0.2) is 9.69 Å². The first kappa shape index (κ1) is 33.4. The van der Waals surface area contributed by atoms with Crippen LogP contribution in [0.1, 0.15) is 56.3 Å². The summed E-state index contributed by atoms with van der Waals surface area (Å²) in [6.45, 7) is 4.74. The van der Waals surface area contributed by atoms with E-state index in [9.17, 15) is 19.5 Å². The summed E-state index contributed by atoms with van der Waals surface area (Å²) in [7, 11) is 6.75. The number of methoxy groups -OCH3 is 4. The first-order valence-corrected chi connectivity index (χ1v) is 18.1. The zero-order valence-corrected chi connectivity index (χ0v) is 29.6. The summed E-state index contributed by atoms with van der Waals surface area (Å²) >= 11 is 0. The van der Waals surface area contributed by atoms with E-state index in [1.807, 2.05) is 0 Å². The lowest BCUT2D eigenvalue weighted by atomic mass is 9.42. The third kappa shape index (κ3) is 3.41. The Morgan fingerprint density at radius 3 is 2.46 bits per heavy atom. The van der Waals surface area contributed by atoms with Crippen LogP contribution in [0.25, 0.3) is 0 Å². The fraction of sp³-hybridized carbons (Fsp3) is 0.757. The molecule has 1 aromatic rings. The van der Waals surface area contributed by atoms with Crippen molar-refractivity contribution in [1.29, 1.82) is 0 Å². The molecule has 272 valence electrons. The second-order valence-electron chi connectivity index (χ2n) is 16.0. The molecular weight excluding hydrogens is 648 g/mol. The smallest absolute Gasteiger partial charge is 0.340 e. The SMILES string of the molecule is CCN1C[C@]2(OC(=O)c3ccccc3N3C(=O)C[C@H](C)C3=O)CC[C@H](OC)[C@]34[C@@H]2[C@H](OC)[C@@]2(OCO[C@@]25C[C@H](OC)[C@H]2C[C@]3(O)[C@@H]5[C@H]2OC)[C@@H]14. The van der Waals surface area contributed by atoms with Gasteiger partial charge in [-0.15, -0.1) is 0 Å². The maximum absolute atomic E-state index is 14.7. The predicted molar refractivity (Wildman–Crippen MR) is 174 cm³/mol. The van der Waals surface area contributed by atoms with Crippen molar-refractivity contribution in [2.24, 2.45) is 29.1 Å². The van der Waals surface area contributed by atoms with Gasteiger partial charge in [-0.05, 0) is 37.9 Å². The van der Waals surface area contributed by atoms with Gasteiger partial charge in [-0.2, -0.15) is 0 Å². The van der Waals surface area contributed by atoms with Crippen LogP contribution in [0.5, 0.6) is 0 Å². The molecule has 8 fully saturated rings. The monoisotopic (exact) mass is 696 g/mol. The van der Waals surface area contributed by atoms with Gasteiger partial charge in [0.25, 0.3) is 0 Å². The highest BCUT2D eigenvalue weighted by Gasteiger charge is 2.98. The molecule has 8 aliphatic rings. The summed E-state index contributed by atoms with van der Waals surface area (Å²) in [5.74, 6) is -2.98. The van der Waals surface area contributed by atoms with Crippen molar-refractivity contribution in [3.63, 3.8) is 0 Å². The number of para-hydroxylation sites is 1. The number of aliphatic hydroxyl groups is 1. The second kappa shape index (κ2) is 10.8. The van der Waals surface area contributed by atoms with Crippen molar-refractivity contribution in [3.05, 3.63) is 29.8 Å². The van der Waals surface area contributed by atoms with Gasteiger partial charge in [0, 0.05) is 71.5 Å². The Morgan fingerprint density at radius 1 is 1.02 bits per heavy atom. The molecule has 3 heterocycles. The van der Waals surface area contributed by atoms with Crippen molar-refractivity contribution in [3.8, 4) is 0 Å². The van der Waals surface area contributed by atoms with Crippen LogP contribution in [0.3, 0.4) is 0 Å². The Bertz CT molecular complexity index is 1640. The van der Waals surface area contributed by atoms with Crippen LogP contribution in [0.15, 0.2) is 24.3 Å². The zero-order valence-electron chi connectivity index (χ0n) is 29.6. The summed E-state index contributed by atoms with van der Waals surface area (Å²) in [5, 5.41) is 13.8. The van der Waals surface area contributed by atoms with E-state index < -0.39 is 69.8 Å². The van der Waals surface area contributed by atoms with E-state index in [1.165, 1.54) is 0 Å². The van der Waals surface area contributed by atoms with E-state index in [0.29, 0.717) is 38.8 Å². The van der Waals surface area contributed by atoms with Crippen LogP contribution >= 0.6 is 0 Å². The van der Waals surface area contributed by atoms with E-state index in [0.717, 1.165) is 4.90 Å². The van der Waals surface area contributed by atoms with Crippen molar-refractivity contribution in [1.82, 2.24) is 4.90 Å². The van der Waals surface area contributed by atoms with Gasteiger partial charge in [0.2, 0.25) is 11.8 Å². The quantitative estimate of drug-likeness (QED) is 0.314. The number of ether oxygens (including phenoxy) is 7.